The zero-order chi connectivity index (χ0) is 20.0. The second-order valence-electron chi connectivity index (χ2n) is 7.22. The molecule has 0 aliphatic carbocycles. The minimum absolute atomic E-state index is 0.0230. The first-order valence-corrected chi connectivity index (χ1v) is 9.76. The minimum Gasteiger partial charge on any atom is -0.364 e. The molecule has 2 aliphatic heterocycles. The lowest BCUT2D eigenvalue weighted by Gasteiger charge is -2.20. The van der Waals surface area contributed by atoms with Gasteiger partial charge in [0, 0.05) is 44.5 Å². The van der Waals surface area contributed by atoms with Gasteiger partial charge in [-0.2, -0.15) is 13.2 Å². The summed E-state index contributed by atoms with van der Waals surface area (Å²) in [6.07, 6.45) is 0.848. The third-order valence-corrected chi connectivity index (χ3v) is 4.90. The molecule has 3 rings (SSSR count). The van der Waals surface area contributed by atoms with E-state index in [-0.39, 0.29) is 6.04 Å². The number of likely N-dealkylation sites (tertiary alicyclic amines) is 1. The number of aliphatic imine (C=N–C) groups is 1. The number of hydrogen-bond donors (Lipinski definition) is 2. The number of benzene rings is 1. The van der Waals surface area contributed by atoms with Gasteiger partial charge in [-0.25, -0.2) is 4.99 Å². The van der Waals surface area contributed by atoms with Gasteiger partial charge in [0.2, 0.25) is 0 Å². The molecule has 0 aromatic heterocycles. The molecular formula is C20H28F3N5. The fourth-order valence-electron chi connectivity index (χ4n) is 3.53. The Balaban J connectivity index is 1.52. The number of alkyl halides is 3. The van der Waals surface area contributed by atoms with Gasteiger partial charge in [-0.1, -0.05) is 24.3 Å². The maximum Gasteiger partial charge on any atom is 0.401 e. The summed E-state index contributed by atoms with van der Waals surface area (Å²) in [4.78, 5) is 8.32. The van der Waals surface area contributed by atoms with Crippen LogP contribution in [0, 0.1) is 0 Å². The third kappa shape index (κ3) is 6.15. The largest absolute Gasteiger partial charge is 0.401 e. The predicted octanol–water partition coefficient (Wildman–Crippen LogP) is 2.75. The Hall–Kier alpha value is -2.22. The first kappa shape index (κ1) is 20.5. The molecule has 2 aliphatic rings. The molecule has 5 nitrogen and oxygen atoms in total. The summed E-state index contributed by atoms with van der Waals surface area (Å²) in [5, 5.41) is 6.45. The maximum atomic E-state index is 12.5. The van der Waals surface area contributed by atoms with E-state index in [0.717, 1.165) is 18.7 Å². The van der Waals surface area contributed by atoms with Crippen molar-refractivity contribution in [2.45, 2.75) is 32.1 Å². The van der Waals surface area contributed by atoms with Crippen LogP contribution in [0.1, 0.15) is 18.9 Å². The average molecular weight is 395 g/mol. The van der Waals surface area contributed by atoms with Crippen LogP contribution in [0.3, 0.4) is 0 Å². The monoisotopic (exact) mass is 395 g/mol. The van der Waals surface area contributed by atoms with Gasteiger partial charge in [-0.15, -0.1) is 0 Å². The Bertz CT molecular complexity index is 676. The van der Waals surface area contributed by atoms with Crippen molar-refractivity contribution in [2.24, 2.45) is 4.99 Å². The van der Waals surface area contributed by atoms with Gasteiger partial charge in [0.15, 0.2) is 5.96 Å². The fourth-order valence-corrected chi connectivity index (χ4v) is 3.53. The summed E-state index contributed by atoms with van der Waals surface area (Å²) in [6.45, 7) is 5.06. The zero-order valence-corrected chi connectivity index (χ0v) is 16.2. The van der Waals surface area contributed by atoms with Gasteiger partial charge in [-0.3, -0.25) is 4.90 Å². The normalized spacial score (nSPS) is 20.8. The van der Waals surface area contributed by atoms with Crippen molar-refractivity contribution in [1.29, 1.82) is 0 Å². The van der Waals surface area contributed by atoms with Crippen molar-refractivity contribution in [3.05, 3.63) is 42.0 Å². The molecular weight excluding hydrogens is 367 g/mol. The van der Waals surface area contributed by atoms with E-state index >= 15 is 0 Å². The topological polar surface area (TPSA) is 42.9 Å². The maximum absolute atomic E-state index is 12.5. The van der Waals surface area contributed by atoms with Crippen molar-refractivity contribution >= 4 is 11.6 Å². The average Bonchev–Trinajstić information content (AvgIpc) is 3.31. The van der Waals surface area contributed by atoms with Crippen LogP contribution in [-0.4, -0.2) is 62.3 Å². The molecule has 1 aromatic carbocycles. The highest BCUT2D eigenvalue weighted by Gasteiger charge is 2.34. The molecule has 1 fully saturated rings. The van der Waals surface area contributed by atoms with E-state index in [9.17, 15) is 13.2 Å². The van der Waals surface area contributed by atoms with Crippen molar-refractivity contribution in [2.75, 3.05) is 44.2 Å². The van der Waals surface area contributed by atoms with E-state index in [2.05, 4.69) is 56.9 Å². The molecule has 8 heteroatoms. The van der Waals surface area contributed by atoms with Gasteiger partial charge in [0.25, 0.3) is 0 Å². The standard InChI is InChI=1S/C20H28F3N5/c1-2-24-19(26-17-9-12-27(14-17)15-20(21,22)23)25-13-16-5-7-18(8-6-16)28-10-3-4-11-28/h3-8,17H,2,9-15H2,1H3,(H2,24,25,26). The first-order chi connectivity index (χ1) is 13.4. The fraction of sp³-hybridized carbons (Fsp3) is 0.550. The van der Waals surface area contributed by atoms with Gasteiger partial charge >= 0.3 is 6.18 Å². The summed E-state index contributed by atoms with van der Waals surface area (Å²) < 4.78 is 37.6. The number of halogens is 3. The van der Waals surface area contributed by atoms with Crippen LogP contribution in [0.4, 0.5) is 18.9 Å². The molecule has 0 amide bonds. The lowest BCUT2D eigenvalue weighted by Crippen LogP contribution is -2.45. The molecule has 154 valence electrons. The Morgan fingerprint density at radius 3 is 2.54 bits per heavy atom. The summed E-state index contributed by atoms with van der Waals surface area (Å²) >= 11 is 0. The smallest absolute Gasteiger partial charge is 0.364 e. The lowest BCUT2D eigenvalue weighted by atomic mass is 10.2. The van der Waals surface area contributed by atoms with Crippen molar-refractivity contribution < 1.29 is 13.2 Å². The highest BCUT2D eigenvalue weighted by molar-refractivity contribution is 5.80. The zero-order valence-electron chi connectivity index (χ0n) is 16.2. The molecule has 1 aromatic rings. The van der Waals surface area contributed by atoms with Gasteiger partial charge in [0.1, 0.15) is 0 Å². The minimum atomic E-state index is -4.15. The summed E-state index contributed by atoms with van der Waals surface area (Å²) in [6, 6.07) is 8.32. The van der Waals surface area contributed by atoms with Crippen LogP contribution in [0.5, 0.6) is 0 Å². The summed E-state index contributed by atoms with van der Waals surface area (Å²) in [5.41, 5.74) is 2.29. The Labute approximate surface area is 164 Å². The second kappa shape index (κ2) is 9.32. The van der Waals surface area contributed by atoms with E-state index in [0.29, 0.717) is 38.6 Å². The van der Waals surface area contributed by atoms with Gasteiger partial charge < -0.3 is 15.5 Å². The lowest BCUT2D eigenvalue weighted by molar-refractivity contribution is -0.143. The molecule has 0 radical (unpaired) electrons. The Kier molecular flexibility index (Phi) is 6.83. The number of hydrogen-bond acceptors (Lipinski definition) is 3. The molecule has 28 heavy (non-hydrogen) atoms. The molecule has 1 unspecified atom stereocenters. The number of guanidine groups is 1. The summed E-state index contributed by atoms with van der Waals surface area (Å²) in [7, 11) is 0. The summed E-state index contributed by atoms with van der Waals surface area (Å²) in [5.74, 6) is 0.647. The number of rotatable bonds is 6. The number of nitrogens with zero attached hydrogens (tertiary/aromatic N) is 3. The van der Waals surface area contributed by atoms with Crippen LogP contribution >= 0.6 is 0 Å². The first-order valence-electron chi connectivity index (χ1n) is 9.76. The van der Waals surface area contributed by atoms with E-state index < -0.39 is 12.7 Å². The van der Waals surface area contributed by atoms with Crippen LogP contribution in [-0.2, 0) is 6.54 Å². The molecule has 0 spiro atoms. The highest BCUT2D eigenvalue weighted by atomic mass is 19.4. The van der Waals surface area contributed by atoms with E-state index in [4.69, 9.17) is 0 Å². The van der Waals surface area contributed by atoms with Gasteiger partial charge in [0.05, 0.1) is 13.1 Å². The molecule has 0 bridgehead atoms. The number of nitrogens with one attached hydrogen (secondary N) is 2. The SMILES string of the molecule is CCNC(=NCc1ccc(N2CC=CC2)cc1)NC1CCN(CC(F)(F)F)C1. The van der Waals surface area contributed by atoms with Crippen molar-refractivity contribution in [3.8, 4) is 0 Å². The highest BCUT2D eigenvalue weighted by Crippen LogP contribution is 2.20. The Morgan fingerprint density at radius 1 is 1.18 bits per heavy atom. The second-order valence-corrected chi connectivity index (χ2v) is 7.22. The number of anilines is 1. The van der Waals surface area contributed by atoms with Crippen LogP contribution in [0.2, 0.25) is 0 Å². The third-order valence-electron chi connectivity index (χ3n) is 4.90. The molecule has 2 heterocycles. The van der Waals surface area contributed by atoms with Crippen molar-refractivity contribution in [1.82, 2.24) is 15.5 Å². The molecule has 2 N–H and O–H groups in total. The Morgan fingerprint density at radius 2 is 1.89 bits per heavy atom. The van der Waals surface area contributed by atoms with Crippen LogP contribution in [0.25, 0.3) is 0 Å². The van der Waals surface area contributed by atoms with Crippen LogP contribution < -0.4 is 15.5 Å². The van der Waals surface area contributed by atoms with E-state index in [1.54, 1.807) is 0 Å². The van der Waals surface area contributed by atoms with Gasteiger partial charge in [-0.05, 0) is 31.0 Å². The van der Waals surface area contributed by atoms with E-state index in [1.165, 1.54) is 10.6 Å². The quantitative estimate of drug-likeness (QED) is 0.442. The van der Waals surface area contributed by atoms with Crippen LogP contribution in [0.15, 0.2) is 41.4 Å². The predicted molar refractivity (Wildman–Crippen MR) is 107 cm³/mol. The van der Waals surface area contributed by atoms with Crippen molar-refractivity contribution in [3.63, 3.8) is 0 Å². The van der Waals surface area contributed by atoms with E-state index in [1.807, 2.05) is 6.92 Å². The molecule has 0 saturated carbocycles. The molecule has 1 saturated heterocycles. The molecule has 1 atom stereocenters.